The van der Waals surface area contributed by atoms with E-state index in [1.54, 1.807) is 28.3 Å². The van der Waals surface area contributed by atoms with E-state index in [0.29, 0.717) is 31.0 Å². The summed E-state index contributed by atoms with van der Waals surface area (Å²) in [6.07, 6.45) is 0.179. The minimum absolute atomic E-state index is 0.0588. The van der Waals surface area contributed by atoms with E-state index in [0.717, 1.165) is 11.3 Å². The molecule has 4 rings (SSSR count). The maximum absolute atomic E-state index is 13.4. The SMILES string of the molecule is Cc1ccc(N2C[C@H](C(=O)N3CCN(S(=O)(=O)c4c(C)nn(C(C)C)c4C)CC3)CC2=O)cc1. The topological polar surface area (TPSA) is 95.8 Å². The molecule has 1 atom stereocenters. The number of anilines is 1. The van der Waals surface area contributed by atoms with Crippen molar-refractivity contribution in [3.05, 3.63) is 41.2 Å². The van der Waals surface area contributed by atoms with E-state index in [4.69, 9.17) is 0 Å². The summed E-state index contributed by atoms with van der Waals surface area (Å²) >= 11 is 0. The summed E-state index contributed by atoms with van der Waals surface area (Å²) in [5.74, 6) is -0.553. The Labute approximate surface area is 201 Å². The lowest BCUT2D eigenvalue weighted by Gasteiger charge is -2.35. The predicted molar refractivity (Wildman–Crippen MR) is 129 cm³/mol. The van der Waals surface area contributed by atoms with Crippen molar-refractivity contribution < 1.29 is 18.0 Å². The third-order valence-electron chi connectivity index (χ3n) is 6.72. The molecule has 34 heavy (non-hydrogen) atoms. The maximum Gasteiger partial charge on any atom is 0.246 e. The van der Waals surface area contributed by atoms with Gasteiger partial charge in [-0.15, -0.1) is 0 Å². The number of nitrogens with zero attached hydrogens (tertiary/aromatic N) is 5. The van der Waals surface area contributed by atoms with Gasteiger partial charge in [0, 0.05) is 50.9 Å². The Balaban J connectivity index is 1.41. The van der Waals surface area contributed by atoms with Crippen LogP contribution < -0.4 is 4.90 Å². The molecule has 1 aromatic heterocycles. The van der Waals surface area contributed by atoms with E-state index >= 15 is 0 Å². The van der Waals surface area contributed by atoms with Crippen molar-refractivity contribution >= 4 is 27.5 Å². The third-order valence-corrected chi connectivity index (χ3v) is 8.87. The monoisotopic (exact) mass is 487 g/mol. The minimum Gasteiger partial charge on any atom is -0.340 e. The van der Waals surface area contributed by atoms with Crippen molar-refractivity contribution in [2.45, 2.75) is 52.0 Å². The van der Waals surface area contributed by atoms with Crippen LogP contribution in [0.3, 0.4) is 0 Å². The Kier molecular flexibility index (Phi) is 6.56. The fourth-order valence-corrected chi connectivity index (χ4v) is 6.69. The molecule has 0 unspecified atom stereocenters. The van der Waals surface area contributed by atoms with Crippen molar-refractivity contribution in [3.63, 3.8) is 0 Å². The Morgan fingerprint density at radius 3 is 2.21 bits per heavy atom. The van der Waals surface area contributed by atoms with Crippen LogP contribution in [0.5, 0.6) is 0 Å². The zero-order valence-corrected chi connectivity index (χ0v) is 21.3. The van der Waals surface area contributed by atoms with Crippen molar-refractivity contribution in [3.8, 4) is 0 Å². The van der Waals surface area contributed by atoms with Gasteiger partial charge in [0.05, 0.1) is 17.3 Å². The molecule has 0 radical (unpaired) electrons. The van der Waals surface area contributed by atoms with Crippen LogP contribution in [-0.2, 0) is 19.6 Å². The Bertz CT molecular complexity index is 1190. The van der Waals surface area contributed by atoms with Crippen molar-refractivity contribution in [2.75, 3.05) is 37.6 Å². The van der Waals surface area contributed by atoms with Gasteiger partial charge in [-0.25, -0.2) is 8.42 Å². The van der Waals surface area contributed by atoms with Gasteiger partial charge >= 0.3 is 0 Å². The van der Waals surface area contributed by atoms with E-state index in [-0.39, 0.29) is 42.3 Å². The molecule has 1 aromatic carbocycles. The lowest BCUT2D eigenvalue weighted by Crippen LogP contribution is -2.52. The molecule has 10 heteroatoms. The van der Waals surface area contributed by atoms with Crippen LogP contribution in [0.25, 0.3) is 0 Å². The summed E-state index contributed by atoms with van der Waals surface area (Å²) in [7, 11) is -3.71. The molecule has 2 aliphatic rings. The van der Waals surface area contributed by atoms with Gasteiger partial charge in [-0.05, 0) is 46.8 Å². The highest BCUT2D eigenvalue weighted by molar-refractivity contribution is 7.89. The van der Waals surface area contributed by atoms with Gasteiger partial charge < -0.3 is 9.80 Å². The number of hydrogen-bond acceptors (Lipinski definition) is 5. The number of sulfonamides is 1. The Morgan fingerprint density at radius 1 is 1.03 bits per heavy atom. The molecule has 3 heterocycles. The zero-order valence-electron chi connectivity index (χ0n) is 20.5. The highest BCUT2D eigenvalue weighted by atomic mass is 32.2. The quantitative estimate of drug-likeness (QED) is 0.645. The first kappa shape index (κ1) is 24.4. The number of amides is 2. The first-order valence-corrected chi connectivity index (χ1v) is 13.2. The molecule has 0 aliphatic carbocycles. The largest absolute Gasteiger partial charge is 0.340 e. The highest BCUT2D eigenvalue weighted by Crippen LogP contribution is 2.29. The van der Waals surface area contributed by atoms with Crippen LogP contribution in [0.15, 0.2) is 29.2 Å². The van der Waals surface area contributed by atoms with Crippen molar-refractivity contribution in [1.29, 1.82) is 0 Å². The normalized spacial score (nSPS) is 19.9. The van der Waals surface area contributed by atoms with Gasteiger partial charge in [-0.3, -0.25) is 14.3 Å². The van der Waals surface area contributed by atoms with E-state index in [9.17, 15) is 18.0 Å². The van der Waals surface area contributed by atoms with Gasteiger partial charge in [-0.1, -0.05) is 17.7 Å². The number of aryl methyl sites for hydroxylation is 2. The van der Waals surface area contributed by atoms with Crippen LogP contribution in [0.2, 0.25) is 0 Å². The van der Waals surface area contributed by atoms with Crippen LogP contribution in [0.4, 0.5) is 5.69 Å². The third kappa shape index (κ3) is 4.36. The van der Waals surface area contributed by atoms with E-state index in [1.165, 1.54) is 4.31 Å². The summed E-state index contributed by atoms with van der Waals surface area (Å²) in [4.78, 5) is 29.3. The molecule has 9 nitrogen and oxygen atoms in total. The number of benzene rings is 1. The second kappa shape index (κ2) is 9.14. The second-order valence-electron chi connectivity index (χ2n) is 9.51. The number of carbonyl (C=O) groups is 2. The van der Waals surface area contributed by atoms with Gasteiger partial charge in [0.2, 0.25) is 21.8 Å². The molecule has 2 amide bonds. The minimum atomic E-state index is -3.71. The summed E-state index contributed by atoms with van der Waals surface area (Å²) in [5, 5.41) is 4.42. The number of hydrogen-bond donors (Lipinski definition) is 0. The molecule has 0 N–H and O–H groups in total. The van der Waals surface area contributed by atoms with Gasteiger partial charge in [0.25, 0.3) is 0 Å². The second-order valence-corrected chi connectivity index (χ2v) is 11.4. The zero-order chi connectivity index (χ0) is 24.8. The van der Waals surface area contributed by atoms with Crippen molar-refractivity contribution in [1.82, 2.24) is 19.0 Å². The number of carbonyl (C=O) groups excluding carboxylic acids is 2. The highest BCUT2D eigenvalue weighted by Gasteiger charge is 2.40. The fraction of sp³-hybridized carbons (Fsp3) is 0.542. The number of rotatable bonds is 5. The summed E-state index contributed by atoms with van der Waals surface area (Å²) in [6.45, 7) is 10.8. The fourth-order valence-electron chi connectivity index (χ4n) is 4.91. The Hall–Kier alpha value is -2.72. The summed E-state index contributed by atoms with van der Waals surface area (Å²) in [5.41, 5.74) is 3.03. The molecule has 2 saturated heterocycles. The summed E-state index contributed by atoms with van der Waals surface area (Å²) < 4.78 is 29.9. The average Bonchev–Trinajstić information content (AvgIpc) is 3.33. The molecular weight excluding hydrogens is 454 g/mol. The van der Waals surface area contributed by atoms with Crippen LogP contribution in [0.1, 0.15) is 43.3 Å². The molecular formula is C24H33N5O4S. The molecule has 2 fully saturated rings. The first-order chi connectivity index (χ1) is 16.0. The van der Waals surface area contributed by atoms with E-state index in [1.807, 2.05) is 45.0 Å². The van der Waals surface area contributed by atoms with Crippen LogP contribution in [-0.4, -0.2) is 71.9 Å². The van der Waals surface area contributed by atoms with E-state index < -0.39 is 15.9 Å². The summed E-state index contributed by atoms with van der Waals surface area (Å²) in [6, 6.07) is 7.76. The van der Waals surface area contributed by atoms with Gasteiger partial charge in [0.15, 0.2) is 0 Å². The van der Waals surface area contributed by atoms with Crippen LogP contribution >= 0.6 is 0 Å². The van der Waals surface area contributed by atoms with Crippen LogP contribution in [0, 0.1) is 26.7 Å². The first-order valence-electron chi connectivity index (χ1n) is 11.7. The average molecular weight is 488 g/mol. The molecule has 0 saturated carbocycles. The molecule has 0 spiro atoms. The number of aromatic nitrogens is 2. The Morgan fingerprint density at radius 2 is 1.65 bits per heavy atom. The maximum atomic E-state index is 13.4. The molecule has 2 aromatic rings. The van der Waals surface area contributed by atoms with Gasteiger partial charge in [-0.2, -0.15) is 9.40 Å². The van der Waals surface area contributed by atoms with Crippen molar-refractivity contribution in [2.24, 2.45) is 5.92 Å². The molecule has 0 bridgehead atoms. The standard InChI is InChI=1S/C24H33N5O4S/c1-16(2)29-19(5)23(18(4)25-29)34(32,33)27-12-10-26(11-13-27)24(31)20-14-22(30)28(15-20)21-8-6-17(3)7-9-21/h6-9,16,20H,10-15H2,1-5H3/t20-/m1/s1. The lowest BCUT2D eigenvalue weighted by molar-refractivity contribution is -0.136. The predicted octanol–water partition coefficient (Wildman–Crippen LogP) is 2.28. The van der Waals surface area contributed by atoms with Gasteiger partial charge in [0.1, 0.15) is 4.90 Å². The lowest BCUT2D eigenvalue weighted by atomic mass is 10.1. The number of piperazine rings is 1. The molecule has 184 valence electrons. The van der Waals surface area contributed by atoms with E-state index in [2.05, 4.69) is 5.10 Å². The molecule has 2 aliphatic heterocycles. The smallest absolute Gasteiger partial charge is 0.246 e.